The first-order chi connectivity index (χ1) is 10.3. The first-order valence-corrected chi connectivity index (χ1v) is 7.15. The fraction of sp³-hybridized carbons (Fsp3) is 0.333. The molecule has 1 saturated carbocycles. The number of aromatic nitrogens is 3. The van der Waals surface area contributed by atoms with Crippen molar-refractivity contribution in [2.45, 2.75) is 25.4 Å². The van der Waals surface area contributed by atoms with Crippen molar-refractivity contribution < 1.29 is 4.42 Å². The number of nitrogens with one attached hydrogen (secondary N) is 1. The van der Waals surface area contributed by atoms with Crippen LogP contribution in [0.1, 0.15) is 18.6 Å². The minimum Gasteiger partial charge on any atom is -0.467 e. The number of anilines is 2. The molecule has 0 bridgehead atoms. The SMILES string of the molecule is CNc1cn2ccnc2c(N(Cc2ccco2)C2CC2)n1. The van der Waals surface area contributed by atoms with Crippen molar-refractivity contribution in [1.82, 2.24) is 14.4 Å². The third-order valence-corrected chi connectivity index (χ3v) is 3.78. The van der Waals surface area contributed by atoms with Gasteiger partial charge in [-0.15, -0.1) is 0 Å². The second kappa shape index (κ2) is 4.80. The van der Waals surface area contributed by atoms with Crippen LogP contribution >= 0.6 is 0 Å². The summed E-state index contributed by atoms with van der Waals surface area (Å²) in [6, 6.07) is 4.44. The summed E-state index contributed by atoms with van der Waals surface area (Å²) in [7, 11) is 1.88. The summed E-state index contributed by atoms with van der Waals surface area (Å²) in [5.41, 5.74) is 0.882. The molecular weight excluding hydrogens is 266 g/mol. The third-order valence-electron chi connectivity index (χ3n) is 3.78. The molecule has 0 atom stereocenters. The zero-order chi connectivity index (χ0) is 14.2. The van der Waals surface area contributed by atoms with Crippen molar-refractivity contribution in [2.24, 2.45) is 0 Å². The summed E-state index contributed by atoms with van der Waals surface area (Å²) in [5, 5.41) is 3.11. The Morgan fingerprint density at radius 3 is 3.10 bits per heavy atom. The number of imidazole rings is 1. The van der Waals surface area contributed by atoms with Crippen LogP contribution in [0.3, 0.4) is 0 Å². The van der Waals surface area contributed by atoms with Gasteiger partial charge in [-0.25, -0.2) is 9.97 Å². The quantitative estimate of drug-likeness (QED) is 0.779. The largest absolute Gasteiger partial charge is 0.467 e. The van der Waals surface area contributed by atoms with E-state index >= 15 is 0 Å². The highest BCUT2D eigenvalue weighted by molar-refractivity contribution is 5.67. The summed E-state index contributed by atoms with van der Waals surface area (Å²) in [6.45, 7) is 0.723. The number of hydrogen-bond acceptors (Lipinski definition) is 5. The Bertz CT molecular complexity index is 745. The molecule has 1 aliphatic carbocycles. The van der Waals surface area contributed by atoms with Crippen molar-refractivity contribution in [2.75, 3.05) is 17.3 Å². The second-order valence-corrected chi connectivity index (χ2v) is 5.30. The van der Waals surface area contributed by atoms with Crippen LogP contribution in [0.4, 0.5) is 11.6 Å². The average Bonchev–Trinajstić information content (AvgIpc) is 3.02. The van der Waals surface area contributed by atoms with Crippen molar-refractivity contribution in [1.29, 1.82) is 0 Å². The number of hydrogen-bond donors (Lipinski definition) is 1. The predicted octanol–water partition coefficient (Wildman–Crippen LogP) is 2.53. The minimum atomic E-state index is 0.523. The van der Waals surface area contributed by atoms with Gasteiger partial charge >= 0.3 is 0 Å². The van der Waals surface area contributed by atoms with Crippen LogP contribution in [0, 0.1) is 0 Å². The Morgan fingerprint density at radius 1 is 1.48 bits per heavy atom. The van der Waals surface area contributed by atoms with Gasteiger partial charge in [-0.3, -0.25) is 0 Å². The molecule has 0 radical (unpaired) electrons. The van der Waals surface area contributed by atoms with Gasteiger partial charge in [0.25, 0.3) is 0 Å². The topological polar surface area (TPSA) is 58.6 Å². The van der Waals surface area contributed by atoms with Gasteiger partial charge in [0.1, 0.15) is 11.6 Å². The van der Waals surface area contributed by atoms with Crippen LogP contribution in [0.2, 0.25) is 0 Å². The van der Waals surface area contributed by atoms with Gasteiger partial charge in [-0.1, -0.05) is 0 Å². The van der Waals surface area contributed by atoms with Crippen LogP contribution < -0.4 is 10.2 Å². The molecule has 0 unspecified atom stereocenters. The molecule has 0 saturated heterocycles. The average molecular weight is 283 g/mol. The summed E-state index contributed by atoms with van der Waals surface area (Å²) in [4.78, 5) is 11.5. The zero-order valence-corrected chi connectivity index (χ0v) is 11.9. The molecule has 0 amide bonds. The number of fused-ring (bicyclic) bond motifs is 1. The molecule has 1 N–H and O–H groups in total. The predicted molar refractivity (Wildman–Crippen MR) is 80.4 cm³/mol. The molecule has 0 aromatic carbocycles. The highest BCUT2D eigenvalue weighted by Gasteiger charge is 2.32. The first kappa shape index (κ1) is 12.3. The smallest absolute Gasteiger partial charge is 0.180 e. The van der Waals surface area contributed by atoms with E-state index in [1.54, 1.807) is 12.5 Å². The summed E-state index contributed by atoms with van der Waals surface area (Å²) < 4.78 is 7.51. The van der Waals surface area contributed by atoms with Crippen LogP contribution in [0.25, 0.3) is 5.65 Å². The van der Waals surface area contributed by atoms with E-state index < -0.39 is 0 Å². The van der Waals surface area contributed by atoms with Gasteiger partial charge in [0, 0.05) is 25.5 Å². The van der Waals surface area contributed by atoms with Gasteiger partial charge in [-0.2, -0.15) is 0 Å². The summed E-state index contributed by atoms with van der Waals surface area (Å²) in [6.07, 6.45) is 9.79. The van der Waals surface area contributed by atoms with Crippen LogP contribution in [-0.4, -0.2) is 27.5 Å². The highest BCUT2D eigenvalue weighted by Crippen LogP contribution is 2.34. The molecule has 6 heteroatoms. The van der Waals surface area contributed by atoms with Gasteiger partial charge in [0.2, 0.25) is 0 Å². The van der Waals surface area contributed by atoms with E-state index in [9.17, 15) is 0 Å². The highest BCUT2D eigenvalue weighted by atomic mass is 16.3. The normalized spacial score (nSPS) is 14.5. The molecular formula is C15H17N5O. The molecule has 0 aliphatic heterocycles. The van der Waals surface area contributed by atoms with Crippen molar-refractivity contribution in [3.63, 3.8) is 0 Å². The van der Waals surface area contributed by atoms with E-state index in [1.807, 2.05) is 36.0 Å². The molecule has 108 valence electrons. The number of nitrogens with zero attached hydrogens (tertiary/aromatic N) is 4. The molecule has 6 nitrogen and oxygen atoms in total. The molecule has 0 spiro atoms. The second-order valence-electron chi connectivity index (χ2n) is 5.30. The summed E-state index contributed by atoms with van der Waals surface area (Å²) >= 11 is 0. The van der Waals surface area contributed by atoms with E-state index in [0.29, 0.717) is 6.04 Å². The van der Waals surface area contributed by atoms with Gasteiger partial charge in [0.15, 0.2) is 11.5 Å². The number of rotatable bonds is 5. The molecule has 3 aromatic heterocycles. The van der Waals surface area contributed by atoms with Gasteiger partial charge < -0.3 is 19.0 Å². The molecule has 1 aliphatic rings. The maximum atomic E-state index is 5.50. The molecule has 4 rings (SSSR count). The monoisotopic (exact) mass is 283 g/mol. The van der Waals surface area contributed by atoms with Gasteiger partial charge in [0.05, 0.1) is 19.0 Å². The molecule has 3 heterocycles. The fourth-order valence-corrected chi connectivity index (χ4v) is 2.56. The Kier molecular flexibility index (Phi) is 2.80. The Labute approximate surface area is 122 Å². The van der Waals surface area contributed by atoms with E-state index in [-0.39, 0.29) is 0 Å². The first-order valence-electron chi connectivity index (χ1n) is 7.15. The van der Waals surface area contributed by atoms with E-state index in [0.717, 1.165) is 29.6 Å². The number of furan rings is 1. The molecule has 1 fully saturated rings. The lowest BCUT2D eigenvalue weighted by molar-refractivity contribution is 0.500. The van der Waals surface area contributed by atoms with Crippen molar-refractivity contribution in [3.05, 3.63) is 42.7 Å². The third kappa shape index (κ3) is 2.22. The van der Waals surface area contributed by atoms with E-state index in [2.05, 4.69) is 15.2 Å². The van der Waals surface area contributed by atoms with Crippen LogP contribution in [0.15, 0.2) is 41.4 Å². The van der Waals surface area contributed by atoms with E-state index in [4.69, 9.17) is 9.40 Å². The van der Waals surface area contributed by atoms with E-state index in [1.165, 1.54) is 12.8 Å². The Hall–Kier alpha value is -2.50. The Balaban J connectivity index is 1.79. The van der Waals surface area contributed by atoms with Crippen molar-refractivity contribution >= 4 is 17.3 Å². The summed E-state index contributed by atoms with van der Waals surface area (Å²) in [5.74, 6) is 2.69. The lowest BCUT2D eigenvalue weighted by Crippen LogP contribution is -2.26. The lowest BCUT2D eigenvalue weighted by Gasteiger charge is -2.23. The van der Waals surface area contributed by atoms with Crippen LogP contribution in [0.5, 0.6) is 0 Å². The van der Waals surface area contributed by atoms with Crippen LogP contribution in [-0.2, 0) is 6.54 Å². The molecule has 21 heavy (non-hydrogen) atoms. The maximum Gasteiger partial charge on any atom is 0.180 e. The zero-order valence-electron chi connectivity index (χ0n) is 11.9. The maximum absolute atomic E-state index is 5.50. The molecule has 3 aromatic rings. The standard InChI is InChI=1S/C15H17N5O/c1-16-13-10-19-7-6-17-14(19)15(18-13)20(11-4-5-11)9-12-3-2-8-21-12/h2-3,6-8,10-11,16H,4-5,9H2,1H3. The Morgan fingerprint density at radius 2 is 2.38 bits per heavy atom. The lowest BCUT2D eigenvalue weighted by atomic mass is 10.3. The minimum absolute atomic E-state index is 0.523. The van der Waals surface area contributed by atoms with Gasteiger partial charge in [-0.05, 0) is 25.0 Å². The van der Waals surface area contributed by atoms with Crippen molar-refractivity contribution in [3.8, 4) is 0 Å². The fourth-order valence-electron chi connectivity index (χ4n) is 2.56.